The summed E-state index contributed by atoms with van der Waals surface area (Å²) >= 11 is 0. The second kappa shape index (κ2) is 7.50. The number of ether oxygens (including phenoxy) is 3. The van der Waals surface area contributed by atoms with E-state index in [1.807, 2.05) is 6.07 Å². The first-order chi connectivity index (χ1) is 11.5. The Balaban J connectivity index is 2.56. The summed E-state index contributed by atoms with van der Waals surface area (Å²) in [5.41, 5.74) is 0.992. The Kier molecular flexibility index (Phi) is 5.42. The molecule has 1 amide bonds. The first kappa shape index (κ1) is 17.3. The molecule has 2 aromatic carbocycles. The lowest BCUT2D eigenvalue weighted by Crippen LogP contribution is -2.15. The third-order valence-electron chi connectivity index (χ3n) is 3.47. The molecular weight excluding hydrogens is 310 g/mol. The molecule has 6 nitrogen and oxygen atoms in total. The minimum absolute atomic E-state index is 0.215. The lowest BCUT2D eigenvalue weighted by atomic mass is 10.1. The van der Waals surface area contributed by atoms with Crippen LogP contribution in [0.25, 0.3) is 0 Å². The molecule has 2 rings (SSSR count). The number of methoxy groups -OCH3 is 3. The van der Waals surface area contributed by atoms with Crippen molar-refractivity contribution in [2.24, 2.45) is 0 Å². The number of anilines is 1. The number of hydrogen-bond donors (Lipinski definition) is 1. The fourth-order valence-corrected chi connectivity index (χ4v) is 2.39. The van der Waals surface area contributed by atoms with Crippen molar-refractivity contribution in [1.29, 1.82) is 0 Å². The fourth-order valence-electron chi connectivity index (χ4n) is 2.39. The Labute approximate surface area is 140 Å². The molecule has 2 aromatic rings. The number of carbonyl (C=O) groups is 2. The standard InChI is InChI=1S/C18H19NO5/c1-11(20)15-13(19-18(21)12-8-6-5-7-9-12)10-14(22-2)16(23-3)17(15)24-4/h5-10H,1-4H3,(H,19,21). The van der Waals surface area contributed by atoms with Crippen molar-refractivity contribution in [2.75, 3.05) is 26.6 Å². The molecule has 0 heterocycles. The number of amides is 1. The second-order valence-corrected chi connectivity index (χ2v) is 4.94. The van der Waals surface area contributed by atoms with Gasteiger partial charge in [-0.2, -0.15) is 0 Å². The van der Waals surface area contributed by atoms with E-state index >= 15 is 0 Å². The lowest BCUT2D eigenvalue weighted by molar-refractivity contribution is 0.101. The number of hydrogen-bond acceptors (Lipinski definition) is 5. The van der Waals surface area contributed by atoms with Gasteiger partial charge in [-0.1, -0.05) is 18.2 Å². The summed E-state index contributed by atoms with van der Waals surface area (Å²) in [5, 5.41) is 2.73. The first-order valence-electron chi connectivity index (χ1n) is 7.23. The van der Waals surface area contributed by atoms with Crippen LogP contribution in [-0.4, -0.2) is 33.0 Å². The summed E-state index contributed by atoms with van der Waals surface area (Å²) in [5.74, 6) is 0.252. The van der Waals surface area contributed by atoms with Crippen LogP contribution in [0.4, 0.5) is 5.69 Å². The maximum atomic E-state index is 12.4. The minimum atomic E-state index is -0.340. The molecule has 0 aliphatic rings. The van der Waals surface area contributed by atoms with Crippen LogP contribution >= 0.6 is 0 Å². The molecule has 0 bridgehead atoms. The van der Waals surface area contributed by atoms with Gasteiger partial charge in [-0.3, -0.25) is 9.59 Å². The first-order valence-corrected chi connectivity index (χ1v) is 7.23. The van der Waals surface area contributed by atoms with Crippen LogP contribution in [0.2, 0.25) is 0 Å². The highest BCUT2D eigenvalue weighted by Gasteiger charge is 2.24. The number of nitrogens with one attached hydrogen (secondary N) is 1. The zero-order valence-electron chi connectivity index (χ0n) is 14.0. The smallest absolute Gasteiger partial charge is 0.255 e. The molecular formula is C18H19NO5. The van der Waals surface area contributed by atoms with Crippen molar-refractivity contribution in [3.63, 3.8) is 0 Å². The van der Waals surface area contributed by atoms with E-state index in [1.165, 1.54) is 28.3 Å². The van der Waals surface area contributed by atoms with Gasteiger partial charge in [0.1, 0.15) is 0 Å². The average molecular weight is 329 g/mol. The Morgan fingerprint density at radius 3 is 2.04 bits per heavy atom. The predicted molar refractivity (Wildman–Crippen MR) is 90.5 cm³/mol. The third kappa shape index (κ3) is 3.32. The SMILES string of the molecule is COc1cc(NC(=O)c2ccccc2)c(C(C)=O)c(OC)c1OC. The highest BCUT2D eigenvalue weighted by molar-refractivity contribution is 6.11. The molecule has 0 radical (unpaired) electrons. The summed E-state index contributed by atoms with van der Waals surface area (Å²) in [6, 6.07) is 10.2. The quantitative estimate of drug-likeness (QED) is 0.824. The topological polar surface area (TPSA) is 73.9 Å². The van der Waals surface area contributed by atoms with Crippen molar-refractivity contribution in [2.45, 2.75) is 6.92 Å². The van der Waals surface area contributed by atoms with E-state index in [1.54, 1.807) is 30.3 Å². The van der Waals surface area contributed by atoms with Gasteiger partial charge in [0.05, 0.1) is 32.6 Å². The van der Waals surface area contributed by atoms with Gasteiger partial charge >= 0.3 is 0 Å². The number of Topliss-reactive ketones (excluding diaryl/α,β-unsaturated/α-hetero) is 1. The number of benzene rings is 2. The van der Waals surface area contributed by atoms with Gasteiger partial charge < -0.3 is 19.5 Å². The fraction of sp³-hybridized carbons (Fsp3) is 0.222. The van der Waals surface area contributed by atoms with Gasteiger partial charge in [0, 0.05) is 11.6 Å². The van der Waals surface area contributed by atoms with Crippen molar-refractivity contribution in [1.82, 2.24) is 0 Å². The van der Waals surface area contributed by atoms with Gasteiger partial charge in [-0.15, -0.1) is 0 Å². The molecule has 0 aliphatic carbocycles. The van der Waals surface area contributed by atoms with E-state index in [-0.39, 0.29) is 23.0 Å². The summed E-state index contributed by atoms with van der Waals surface area (Å²) in [7, 11) is 4.34. The number of carbonyl (C=O) groups excluding carboxylic acids is 2. The highest BCUT2D eigenvalue weighted by atomic mass is 16.5. The van der Waals surface area contributed by atoms with Crippen LogP contribution < -0.4 is 19.5 Å². The van der Waals surface area contributed by atoms with Gasteiger partial charge in [0.2, 0.25) is 5.75 Å². The Morgan fingerprint density at radius 2 is 1.54 bits per heavy atom. The molecule has 0 fully saturated rings. The molecule has 0 atom stereocenters. The molecule has 0 saturated carbocycles. The highest BCUT2D eigenvalue weighted by Crippen LogP contribution is 2.44. The van der Waals surface area contributed by atoms with E-state index in [0.717, 1.165) is 0 Å². The molecule has 0 unspecified atom stereocenters. The maximum absolute atomic E-state index is 12.4. The van der Waals surface area contributed by atoms with E-state index in [4.69, 9.17) is 14.2 Å². The Hall–Kier alpha value is -3.02. The average Bonchev–Trinajstić information content (AvgIpc) is 2.60. The van der Waals surface area contributed by atoms with Crippen LogP contribution in [0.3, 0.4) is 0 Å². The van der Waals surface area contributed by atoms with Crippen molar-refractivity contribution >= 4 is 17.4 Å². The molecule has 6 heteroatoms. The molecule has 126 valence electrons. The Morgan fingerprint density at radius 1 is 0.917 bits per heavy atom. The van der Waals surface area contributed by atoms with Crippen LogP contribution in [-0.2, 0) is 0 Å². The molecule has 0 spiro atoms. The minimum Gasteiger partial charge on any atom is -0.493 e. The van der Waals surface area contributed by atoms with Gasteiger partial charge in [-0.25, -0.2) is 0 Å². The van der Waals surface area contributed by atoms with Crippen LogP contribution in [0, 0.1) is 0 Å². The molecule has 0 aromatic heterocycles. The van der Waals surface area contributed by atoms with Crippen LogP contribution in [0.15, 0.2) is 36.4 Å². The van der Waals surface area contributed by atoms with E-state index < -0.39 is 0 Å². The molecule has 0 saturated heterocycles. The zero-order chi connectivity index (χ0) is 17.7. The van der Waals surface area contributed by atoms with Gasteiger partial charge in [-0.05, 0) is 19.1 Å². The number of rotatable bonds is 6. The zero-order valence-corrected chi connectivity index (χ0v) is 14.0. The molecule has 1 N–H and O–H groups in total. The lowest BCUT2D eigenvalue weighted by Gasteiger charge is -2.18. The largest absolute Gasteiger partial charge is 0.493 e. The Bertz CT molecular complexity index is 756. The molecule has 0 aliphatic heterocycles. The molecule has 24 heavy (non-hydrogen) atoms. The van der Waals surface area contributed by atoms with Crippen molar-refractivity contribution in [3.05, 3.63) is 47.5 Å². The second-order valence-electron chi connectivity index (χ2n) is 4.94. The predicted octanol–water partition coefficient (Wildman–Crippen LogP) is 3.17. The normalized spacial score (nSPS) is 10.0. The third-order valence-corrected chi connectivity index (χ3v) is 3.47. The van der Waals surface area contributed by atoms with E-state index in [9.17, 15) is 9.59 Å². The number of ketones is 1. The summed E-state index contributed by atoms with van der Waals surface area (Å²) in [6.45, 7) is 1.39. The summed E-state index contributed by atoms with van der Waals surface area (Å²) < 4.78 is 15.9. The summed E-state index contributed by atoms with van der Waals surface area (Å²) in [6.07, 6.45) is 0. The van der Waals surface area contributed by atoms with Crippen molar-refractivity contribution < 1.29 is 23.8 Å². The van der Waals surface area contributed by atoms with Crippen LogP contribution in [0.1, 0.15) is 27.6 Å². The van der Waals surface area contributed by atoms with Crippen LogP contribution in [0.5, 0.6) is 17.2 Å². The van der Waals surface area contributed by atoms with Gasteiger partial charge in [0.15, 0.2) is 17.3 Å². The maximum Gasteiger partial charge on any atom is 0.255 e. The van der Waals surface area contributed by atoms with E-state index in [2.05, 4.69) is 5.32 Å². The summed E-state index contributed by atoms with van der Waals surface area (Å²) in [4.78, 5) is 24.5. The monoisotopic (exact) mass is 329 g/mol. The van der Waals surface area contributed by atoms with Crippen molar-refractivity contribution in [3.8, 4) is 17.2 Å². The van der Waals surface area contributed by atoms with E-state index in [0.29, 0.717) is 22.7 Å². The van der Waals surface area contributed by atoms with Gasteiger partial charge in [0.25, 0.3) is 5.91 Å².